The molecule has 44 heavy (non-hydrogen) atoms. The fraction of sp³-hybridized carbons (Fsp3) is 0.286. The lowest BCUT2D eigenvalue weighted by atomic mass is 10.1. The number of nitrogens with zero attached hydrogens (tertiary/aromatic N) is 7. The summed E-state index contributed by atoms with van der Waals surface area (Å²) < 4.78 is 53.5. The lowest BCUT2D eigenvalue weighted by Crippen LogP contribution is -2.53. The smallest absolute Gasteiger partial charge is 0.449 e. The van der Waals surface area contributed by atoms with Gasteiger partial charge < -0.3 is 33.9 Å². The van der Waals surface area contributed by atoms with Crippen LogP contribution in [0.2, 0.25) is 0 Å². The molecule has 0 aliphatic carbocycles. The predicted octanol–water partition coefficient (Wildman–Crippen LogP) is 3.97. The molecule has 0 radical (unpaired) electrons. The van der Waals surface area contributed by atoms with E-state index < -0.39 is 36.6 Å². The molecule has 4 heterocycles. The number of carbonyl (C=O) groups excluding carboxylic acids is 1. The number of rotatable bonds is 6. The first-order valence-electron chi connectivity index (χ1n) is 13.3. The van der Waals surface area contributed by atoms with Gasteiger partial charge in [-0.3, -0.25) is 4.79 Å². The molecule has 16 heteroatoms. The molecule has 3 aromatic heterocycles. The Kier molecular flexibility index (Phi) is 7.18. The first-order chi connectivity index (χ1) is 21.1. The SMILES string of the molecule is COc1ccc2nc(C(F)(F)F)n(CC(=O)N3CCN(C(=O)O)C[C@H]3c3nnc(-c4cc5ccccc5nc4OC)[nH]3)c2c1. The molecule has 2 amide bonds. The normalized spacial score (nSPS) is 15.6. The molecule has 6 rings (SSSR count). The molecule has 0 unspecified atom stereocenters. The van der Waals surface area contributed by atoms with Crippen molar-refractivity contribution in [3.8, 4) is 23.0 Å². The van der Waals surface area contributed by atoms with Crippen molar-refractivity contribution in [3.05, 3.63) is 60.2 Å². The van der Waals surface area contributed by atoms with Gasteiger partial charge in [-0.25, -0.2) is 14.8 Å². The molecular weight excluding hydrogens is 585 g/mol. The Morgan fingerprint density at radius 2 is 1.82 bits per heavy atom. The zero-order valence-corrected chi connectivity index (χ0v) is 23.4. The van der Waals surface area contributed by atoms with Crippen molar-refractivity contribution in [2.24, 2.45) is 0 Å². The summed E-state index contributed by atoms with van der Waals surface area (Å²) in [5.41, 5.74) is 1.26. The van der Waals surface area contributed by atoms with E-state index in [2.05, 4.69) is 25.1 Å². The van der Waals surface area contributed by atoms with E-state index in [0.717, 1.165) is 14.9 Å². The molecule has 0 spiro atoms. The highest BCUT2D eigenvalue weighted by atomic mass is 19.4. The molecule has 5 aromatic rings. The monoisotopic (exact) mass is 610 g/mol. The van der Waals surface area contributed by atoms with E-state index >= 15 is 0 Å². The number of halogens is 3. The minimum absolute atomic E-state index is 0.0380. The van der Waals surface area contributed by atoms with Crippen molar-refractivity contribution in [3.63, 3.8) is 0 Å². The first-order valence-corrected chi connectivity index (χ1v) is 13.3. The summed E-state index contributed by atoms with van der Waals surface area (Å²) in [7, 11) is 2.83. The van der Waals surface area contributed by atoms with E-state index in [4.69, 9.17) is 9.47 Å². The Balaban J connectivity index is 1.37. The summed E-state index contributed by atoms with van der Waals surface area (Å²) in [5, 5.41) is 18.9. The number of carboxylic acid groups (broad SMARTS) is 1. The number of imidazole rings is 1. The van der Waals surface area contributed by atoms with Gasteiger partial charge in [0.1, 0.15) is 18.3 Å². The molecule has 1 aliphatic rings. The average Bonchev–Trinajstić information content (AvgIpc) is 3.65. The van der Waals surface area contributed by atoms with Crippen LogP contribution < -0.4 is 9.47 Å². The van der Waals surface area contributed by atoms with Crippen molar-refractivity contribution >= 4 is 33.9 Å². The van der Waals surface area contributed by atoms with Crippen LogP contribution >= 0.6 is 0 Å². The van der Waals surface area contributed by atoms with Crippen molar-refractivity contribution in [2.45, 2.75) is 18.8 Å². The summed E-state index contributed by atoms with van der Waals surface area (Å²) >= 11 is 0. The number of amides is 2. The third-order valence-corrected chi connectivity index (χ3v) is 7.43. The van der Waals surface area contributed by atoms with Crippen LogP contribution in [0, 0.1) is 0 Å². The number of piperazine rings is 1. The van der Waals surface area contributed by atoms with Gasteiger partial charge in [0.05, 0.1) is 42.9 Å². The quantitative estimate of drug-likeness (QED) is 0.291. The number of pyridine rings is 1. The number of aromatic amines is 1. The number of alkyl halides is 3. The molecule has 1 saturated heterocycles. The molecule has 0 bridgehead atoms. The lowest BCUT2D eigenvalue weighted by Gasteiger charge is -2.39. The van der Waals surface area contributed by atoms with E-state index in [1.54, 1.807) is 6.07 Å². The lowest BCUT2D eigenvalue weighted by molar-refractivity contribution is -0.148. The standard InChI is InChI=1S/C28H25F3N8O5/c1-43-16-7-8-19-20(12-16)39(26(33-19)28(29,30)31)14-22(40)38-10-9-37(27(41)42)13-21(38)24-34-23(35-36-24)17-11-15-5-3-4-6-18(15)32-25(17)44-2/h3-8,11-12,21H,9-10,13-14H2,1-2H3,(H,41,42)(H,34,35,36)/t21-/m0/s1. The first kappa shape index (κ1) is 28.7. The molecule has 1 aliphatic heterocycles. The number of aromatic nitrogens is 6. The van der Waals surface area contributed by atoms with Gasteiger partial charge in [-0.1, -0.05) is 18.2 Å². The van der Waals surface area contributed by atoms with Crippen molar-refractivity contribution in [1.82, 2.24) is 39.5 Å². The van der Waals surface area contributed by atoms with Crippen molar-refractivity contribution in [2.75, 3.05) is 33.9 Å². The van der Waals surface area contributed by atoms with Gasteiger partial charge in [0, 0.05) is 24.5 Å². The number of benzene rings is 2. The van der Waals surface area contributed by atoms with Crippen LogP contribution in [-0.4, -0.2) is 90.5 Å². The number of para-hydroxylation sites is 1. The number of fused-ring (bicyclic) bond motifs is 2. The maximum atomic E-state index is 14.0. The third kappa shape index (κ3) is 5.18. The zero-order chi connectivity index (χ0) is 31.2. The second-order valence-corrected chi connectivity index (χ2v) is 10.0. The summed E-state index contributed by atoms with van der Waals surface area (Å²) in [6, 6.07) is 12.4. The fourth-order valence-electron chi connectivity index (χ4n) is 5.29. The number of carbonyl (C=O) groups is 2. The second kappa shape index (κ2) is 11.0. The molecule has 2 aromatic carbocycles. The summed E-state index contributed by atoms with van der Waals surface area (Å²) in [4.78, 5) is 39.3. The highest BCUT2D eigenvalue weighted by Gasteiger charge is 2.40. The van der Waals surface area contributed by atoms with Crippen LogP contribution in [0.1, 0.15) is 17.7 Å². The predicted molar refractivity (Wildman–Crippen MR) is 149 cm³/mol. The van der Waals surface area contributed by atoms with Crippen LogP contribution in [0.25, 0.3) is 33.3 Å². The van der Waals surface area contributed by atoms with Gasteiger partial charge in [-0.05, 0) is 24.3 Å². The molecule has 13 nitrogen and oxygen atoms in total. The van der Waals surface area contributed by atoms with Crippen LogP contribution in [-0.2, 0) is 17.5 Å². The van der Waals surface area contributed by atoms with Crippen molar-refractivity contribution in [1.29, 1.82) is 0 Å². The summed E-state index contributed by atoms with van der Waals surface area (Å²) in [6.45, 7) is -1.05. The second-order valence-electron chi connectivity index (χ2n) is 10.0. The molecular formula is C28H25F3N8O5. The Morgan fingerprint density at radius 3 is 2.55 bits per heavy atom. The number of ether oxygens (including phenoxy) is 2. The van der Waals surface area contributed by atoms with E-state index in [-0.39, 0.29) is 48.2 Å². The minimum Gasteiger partial charge on any atom is -0.497 e. The van der Waals surface area contributed by atoms with E-state index in [1.807, 2.05) is 24.3 Å². The maximum Gasteiger partial charge on any atom is 0.449 e. The number of hydrogen-bond donors (Lipinski definition) is 2. The maximum absolute atomic E-state index is 14.0. The van der Waals surface area contributed by atoms with Crippen LogP contribution in [0.4, 0.5) is 18.0 Å². The van der Waals surface area contributed by atoms with Crippen molar-refractivity contribution < 1.29 is 37.3 Å². The van der Waals surface area contributed by atoms with Crippen LogP contribution in [0.15, 0.2) is 48.5 Å². The van der Waals surface area contributed by atoms with Gasteiger partial charge in [-0.15, -0.1) is 10.2 Å². The Morgan fingerprint density at radius 1 is 1.02 bits per heavy atom. The number of hydrogen-bond acceptors (Lipinski definition) is 8. The Hall–Kier alpha value is -5.41. The highest BCUT2D eigenvalue weighted by Crippen LogP contribution is 2.34. The van der Waals surface area contributed by atoms with E-state index in [0.29, 0.717) is 16.8 Å². The fourth-order valence-corrected chi connectivity index (χ4v) is 5.29. The minimum atomic E-state index is -4.85. The topological polar surface area (TPSA) is 152 Å². The summed E-state index contributed by atoms with van der Waals surface area (Å²) in [5.74, 6) is -0.995. The molecule has 0 saturated carbocycles. The summed E-state index contributed by atoms with van der Waals surface area (Å²) in [6.07, 6.45) is -6.06. The molecule has 228 valence electrons. The number of H-pyrrole nitrogens is 1. The highest BCUT2D eigenvalue weighted by molar-refractivity contribution is 5.85. The number of nitrogens with one attached hydrogen (secondary N) is 1. The van der Waals surface area contributed by atoms with Gasteiger partial charge >= 0.3 is 12.3 Å². The van der Waals surface area contributed by atoms with Crippen LogP contribution in [0.3, 0.4) is 0 Å². The zero-order valence-electron chi connectivity index (χ0n) is 23.4. The molecule has 1 atom stereocenters. The van der Waals surface area contributed by atoms with Gasteiger partial charge in [-0.2, -0.15) is 13.2 Å². The van der Waals surface area contributed by atoms with Gasteiger partial charge in [0.15, 0.2) is 11.6 Å². The molecule has 1 fully saturated rings. The Bertz CT molecular complexity index is 1890. The third-order valence-electron chi connectivity index (χ3n) is 7.43. The van der Waals surface area contributed by atoms with Gasteiger partial charge in [0.25, 0.3) is 0 Å². The van der Waals surface area contributed by atoms with E-state index in [9.17, 15) is 27.9 Å². The van der Waals surface area contributed by atoms with Crippen LogP contribution in [0.5, 0.6) is 11.6 Å². The Labute approximate surface area is 246 Å². The van der Waals surface area contributed by atoms with E-state index in [1.165, 1.54) is 37.3 Å². The van der Waals surface area contributed by atoms with Gasteiger partial charge in [0.2, 0.25) is 17.6 Å². The molecule has 2 N–H and O–H groups in total. The number of methoxy groups -OCH3 is 2. The largest absolute Gasteiger partial charge is 0.497 e. The average molecular weight is 611 g/mol.